The van der Waals surface area contributed by atoms with E-state index in [2.05, 4.69) is 20.3 Å². The molecule has 0 aliphatic heterocycles. The van der Waals surface area contributed by atoms with Gasteiger partial charge in [-0.2, -0.15) is 13.2 Å². The predicted octanol–water partition coefficient (Wildman–Crippen LogP) is 5.31. The van der Waals surface area contributed by atoms with Gasteiger partial charge in [0.1, 0.15) is 11.7 Å². The topological polar surface area (TPSA) is 80.2 Å². The second kappa shape index (κ2) is 7.88. The molecule has 0 radical (unpaired) electrons. The van der Waals surface area contributed by atoms with Crippen LogP contribution in [-0.2, 0) is 6.18 Å². The molecule has 4 rings (SSSR count). The number of rotatable bonds is 5. The summed E-state index contributed by atoms with van der Waals surface area (Å²) in [5.41, 5.74) is 0.718. The monoisotopic (exact) mass is 432 g/mol. The Labute approximate surface area is 173 Å². The van der Waals surface area contributed by atoms with Crippen LogP contribution in [0.15, 0.2) is 54.9 Å². The molecule has 1 unspecified atom stereocenters. The van der Waals surface area contributed by atoms with Crippen molar-refractivity contribution in [2.45, 2.75) is 19.3 Å². The number of hydrogen-bond acceptors (Lipinski definition) is 7. The van der Waals surface area contributed by atoms with E-state index in [1.165, 1.54) is 35.9 Å². The quantitative estimate of drug-likeness (QED) is 0.416. The summed E-state index contributed by atoms with van der Waals surface area (Å²) < 4.78 is 45.0. The number of nitrogens with one attached hydrogen (secondary N) is 1. The van der Waals surface area contributed by atoms with E-state index in [1.54, 1.807) is 19.1 Å². The van der Waals surface area contributed by atoms with Gasteiger partial charge in [-0.05, 0) is 31.2 Å². The average molecular weight is 432 g/mol. The maximum absolute atomic E-state index is 12.8. The third-order valence-corrected chi connectivity index (χ3v) is 5.00. The fourth-order valence-corrected chi connectivity index (χ4v) is 3.69. The van der Waals surface area contributed by atoms with Crippen molar-refractivity contribution < 1.29 is 23.0 Å². The van der Waals surface area contributed by atoms with Gasteiger partial charge in [-0.3, -0.25) is 4.98 Å². The number of halogens is 3. The van der Waals surface area contributed by atoms with Crippen molar-refractivity contribution in [3.05, 3.63) is 60.4 Å². The molecule has 154 valence electrons. The van der Waals surface area contributed by atoms with Gasteiger partial charge in [-0.25, -0.2) is 9.97 Å². The van der Waals surface area contributed by atoms with Crippen LogP contribution in [0.1, 0.15) is 12.5 Å². The largest absolute Gasteiger partial charge is 0.435 e. The fraction of sp³-hybridized carbons (Fsp3) is 0.150. The highest BCUT2D eigenvalue weighted by molar-refractivity contribution is 7.22. The first kappa shape index (κ1) is 20.0. The molecule has 30 heavy (non-hydrogen) atoms. The summed E-state index contributed by atoms with van der Waals surface area (Å²) in [6.45, 7) is 1.59. The molecule has 2 heterocycles. The third-order valence-electron chi connectivity index (χ3n) is 4.05. The molecule has 10 heteroatoms. The van der Waals surface area contributed by atoms with Gasteiger partial charge in [0.05, 0.1) is 28.4 Å². The molecule has 0 aliphatic rings. The zero-order valence-corrected chi connectivity index (χ0v) is 16.3. The zero-order valence-electron chi connectivity index (χ0n) is 15.5. The first-order valence-electron chi connectivity index (χ1n) is 8.81. The maximum atomic E-state index is 12.8. The standard InChI is InChI=1S/C20H15F3N4O2S/c1-11(28)25-19-27-18-15(3-2-4-16(18)30-19)29-17-10-24-9-14(26-17)12-5-7-13(8-6-12)20(21,22)23/h2-11,28H,1H3,(H,25,27). The highest BCUT2D eigenvalue weighted by Gasteiger charge is 2.30. The van der Waals surface area contributed by atoms with E-state index in [0.29, 0.717) is 27.7 Å². The Bertz CT molecular complexity index is 1180. The van der Waals surface area contributed by atoms with Crippen LogP contribution in [0, 0.1) is 0 Å². The number of anilines is 1. The van der Waals surface area contributed by atoms with Crippen LogP contribution >= 0.6 is 11.3 Å². The fourth-order valence-electron chi connectivity index (χ4n) is 2.73. The molecule has 0 bridgehead atoms. The molecule has 0 spiro atoms. The van der Waals surface area contributed by atoms with Crippen molar-refractivity contribution in [2.24, 2.45) is 0 Å². The van der Waals surface area contributed by atoms with Crippen molar-refractivity contribution in [1.29, 1.82) is 0 Å². The van der Waals surface area contributed by atoms with E-state index in [9.17, 15) is 18.3 Å². The molecule has 0 fully saturated rings. The minimum atomic E-state index is -4.40. The molecule has 2 aromatic heterocycles. The molecule has 0 saturated carbocycles. The van der Waals surface area contributed by atoms with E-state index in [1.807, 2.05) is 6.07 Å². The molecule has 0 amide bonds. The summed E-state index contributed by atoms with van der Waals surface area (Å²) in [6.07, 6.45) is -2.29. The lowest BCUT2D eigenvalue weighted by atomic mass is 10.1. The highest BCUT2D eigenvalue weighted by atomic mass is 32.1. The van der Waals surface area contributed by atoms with Crippen molar-refractivity contribution >= 4 is 26.7 Å². The number of aromatic nitrogens is 3. The summed E-state index contributed by atoms with van der Waals surface area (Å²) in [6, 6.07) is 10.1. The number of nitrogens with zero attached hydrogens (tertiary/aromatic N) is 3. The molecule has 4 aromatic rings. The third kappa shape index (κ3) is 4.34. The lowest BCUT2D eigenvalue weighted by molar-refractivity contribution is -0.137. The number of aliphatic hydroxyl groups excluding tert-OH is 1. The SMILES string of the molecule is CC(O)Nc1nc2c(Oc3cncc(-c4ccc(C(F)(F)F)cc4)n3)cccc2s1. The summed E-state index contributed by atoms with van der Waals surface area (Å²) in [7, 11) is 0. The lowest BCUT2D eigenvalue weighted by Crippen LogP contribution is -2.12. The summed E-state index contributed by atoms with van der Waals surface area (Å²) >= 11 is 1.36. The van der Waals surface area contributed by atoms with Crippen LogP contribution in [0.3, 0.4) is 0 Å². The van der Waals surface area contributed by atoms with Gasteiger partial charge in [-0.15, -0.1) is 0 Å². The predicted molar refractivity (Wildman–Crippen MR) is 107 cm³/mol. The first-order valence-corrected chi connectivity index (χ1v) is 9.63. The number of alkyl halides is 3. The number of para-hydroxylation sites is 1. The van der Waals surface area contributed by atoms with Crippen molar-refractivity contribution in [2.75, 3.05) is 5.32 Å². The number of benzene rings is 2. The van der Waals surface area contributed by atoms with Crippen LogP contribution in [0.25, 0.3) is 21.5 Å². The number of fused-ring (bicyclic) bond motifs is 1. The Morgan fingerprint density at radius 1 is 1.07 bits per heavy atom. The van der Waals surface area contributed by atoms with Crippen LogP contribution < -0.4 is 10.1 Å². The maximum Gasteiger partial charge on any atom is 0.416 e. The Hall–Kier alpha value is -3.24. The zero-order chi connectivity index (χ0) is 21.3. The van der Waals surface area contributed by atoms with E-state index in [-0.39, 0.29) is 5.88 Å². The van der Waals surface area contributed by atoms with Gasteiger partial charge in [-0.1, -0.05) is 29.5 Å². The minimum Gasteiger partial charge on any atom is -0.435 e. The lowest BCUT2D eigenvalue weighted by Gasteiger charge is -2.09. The molecular weight excluding hydrogens is 417 g/mol. The van der Waals surface area contributed by atoms with Gasteiger partial charge >= 0.3 is 6.18 Å². The number of hydrogen-bond donors (Lipinski definition) is 2. The van der Waals surface area contributed by atoms with Crippen molar-refractivity contribution in [3.63, 3.8) is 0 Å². The van der Waals surface area contributed by atoms with Crippen LogP contribution in [0.4, 0.5) is 18.3 Å². The number of thiazole rings is 1. The molecule has 1 atom stereocenters. The Morgan fingerprint density at radius 2 is 1.83 bits per heavy atom. The van der Waals surface area contributed by atoms with Crippen molar-refractivity contribution in [3.8, 4) is 22.9 Å². The van der Waals surface area contributed by atoms with Crippen LogP contribution in [0.2, 0.25) is 0 Å². The average Bonchev–Trinajstić information content (AvgIpc) is 3.10. The Balaban J connectivity index is 1.61. The minimum absolute atomic E-state index is 0.179. The second-order valence-electron chi connectivity index (χ2n) is 6.36. The molecule has 0 saturated heterocycles. The van der Waals surface area contributed by atoms with Gasteiger partial charge in [0.2, 0.25) is 5.88 Å². The number of aliphatic hydroxyl groups is 1. The van der Waals surface area contributed by atoms with Gasteiger partial charge < -0.3 is 15.2 Å². The Kier molecular flexibility index (Phi) is 5.27. The summed E-state index contributed by atoms with van der Waals surface area (Å²) in [5.74, 6) is 0.624. The van der Waals surface area contributed by atoms with Gasteiger partial charge in [0.25, 0.3) is 0 Å². The first-order chi connectivity index (χ1) is 14.3. The summed E-state index contributed by atoms with van der Waals surface area (Å²) in [4.78, 5) is 12.9. The van der Waals surface area contributed by atoms with E-state index >= 15 is 0 Å². The molecular formula is C20H15F3N4O2S. The summed E-state index contributed by atoms with van der Waals surface area (Å²) in [5, 5.41) is 12.9. The van der Waals surface area contributed by atoms with Gasteiger partial charge in [0.15, 0.2) is 10.9 Å². The van der Waals surface area contributed by atoms with E-state index in [4.69, 9.17) is 4.74 Å². The van der Waals surface area contributed by atoms with Crippen LogP contribution in [0.5, 0.6) is 11.6 Å². The van der Waals surface area contributed by atoms with E-state index in [0.717, 1.165) is 16.8 Å². The second-order valence-corrected chi connectivity index (χ2v) is 7.39. The molecule has 2 N–H and O–H groups in total. The smallest absolute Gasteiger partial charge is 0.416 e. The van der Waals surface area contributed by atoms with Crippen LogP contribution in [-0.4, -0.2) is 26.3 Å². The van der Waals surface area contributed by atoms with E-state index < -0.39 is 18.0 Å². The molecule has 2 aromatic carbocycles. The van der Waals surface area contributed by atoms with Gasteiger partial charge in [0, 0.05) is 5.56 Å². The Morgan fingerprint density at radius 3 is 2.53 bits per heavy atom. The van der Waals surface area contributed by atoms with Crippen molar-refractivity contribution in [1.82, 2.24) is 15.0 Å². The molecule has 6 nitrogen and oxygen atoms in total. The highest BCUT2D eigenvalue weighted by Crippen LogP contribution is 2.35. The normalized spacial score (nSPS) is 12.7. The number of ether oxygens (including phenoxy) is 1. The molecule has 0 aliphatic carbocycles.